The number of carbonyl (C=O) groups is 2. The molecule has 0 aromatic carbocycles. The number of rotatable bonds is 5. The summed E-state index contributed by atoms with van der Waals surface area (Å²) < 4.78 is 0. The predicted octanol–water partition coefficient (Wildman–Crippen LogP) is 2.36. The van der Waals surface area contributed by atoms with E-state index in [1.54, 1.807) is 11.3 Å². The summed E-state index contributed by atoms with van der Waals surface area (Å²) in [5.74, 6) is -1.07. The zero-order chi connectivity index (χ0) is 14.8. The Balaban J connectivity index is 1.52. The van der Waals surface area contributed by atoms with Gasteiger partial charge in [0.15, 0.2) is 5.69 Å². The lowest BCUT2D eigenvalue weighted by atomic mass is 10.2. The minimum absolute atomic E-state index is 0.0515. The molecule has 0 fully saturated rings. The van der Waals surface area contributed by atoms with Crippen molar-refractivity contribution in [2.75, 3.05) is 6.54 Å². The van der Waals surface area contributed by atoms with Crippen molar-refractivity contribution in [3.63, 3.8) is 0 Å². The smallest absolute Gasteiger partial charge is 0.355 e. The molecule has 7 heteroatoms. The molecule has 0 atom stereocenters. The van der Waals surface area contributed by atoms with Gasteiger partial charge in [-0.3, -0.25) is 4.79 Å². The summed E-state index contributed by atoms with van der Waals surface area (Å²) in [4.78, 5) is 28.9. The number of carbonyl (C=O) groups excluding carboxylic acids is 1. The number of amides is 1. The van der Waals surface area contributed by atoms with Crippen LogP contribution in [0.15, 0.2) is 11.4 Å². The Kier molecular flexibility index (Phi) is 4.03. The van der Waals surface area contributed by atoms with Gasteiger partial charge in [0.05, 0.1) is 9.88 Å². The van der Waals surface area contributed by atoms with Gasteiger partial charge in [-0.1, -0.05) is 0 Å². The Morgan fingerprint density at radius 2 is 2.24 bits per heavy atom. The molecule has 110 valence electrons. The summed E-state index contributed by atoms with van der Waals surface area (Å²) >= 11 is 2.89. The molecule has 1 amide bonds. The molecule has 0 saturated heterocycles. The first-order chi connectivity index (χ1) is 10.1. The lowest BCUT2D eigenvalue weighted by Crippen LogP contribution is -2.24. The maximum atomic E-state index is 12.0. The second-order valence-corrected chi connectivity index (χ2v) is 6.93. The maximum Gasteiger partial charge on any atom is 0.355 e. The van der Waals surface area contributed by atoms with Crippen LogP contribution < -0.4 is 5.32 Å². The molecule has 2 aromatic rings. The number of nitrogens with zero attached hydrogens (tertiary/aromatic N) is 1. The van der Waals surface area contributed by atoms with Crippen molar-refractivity contribution >= 4 is 34.6 Å². The van der Waals surface area contributed by atoms with E-state index in [0.29, 0.717) is 13.0 Å². The highest BCUT2D eigenvalue weighted by Gasteiger charge is 2.18. The van der Waals surface area contributed by atoms with E-state index in [-0.39, 0.29) is 11.6 Å². The number of aryl methyl sites for hydroxylation is 2. The minimum Gasteiger partial charge on any atom is -0.476 e. The molecule has 21 heavy (non-hydrogen) atoms. The van der Waals surface area contributed by atoms with Crippen LogP contribution in [0.2, 0.25) is 0 Å². The monoisotopic (exact) mass is 322 g/mol. The minimum atomic E-state index is -1.02. The number of nitrogens with one attached hydrogen (secondary N) is 1. The lowest BCUT2D eigenvalue weighted by molar-refractivity contribution is 0.0690. The van der Waals surface area contributed by atoms with Crippen LogP contribution in [0, 0.1) is 0 Å². The highest BCUT2D eigenvalue weighted by Crippen LogP contribution is 2.30. The molecule has 2 N–H and O–H groups in total. The zero-order valence-corrected chi connectivity index (χ0v) is 12.9. The molecule has 0 aliphatic heterocycles. The number of thiazole rings is 1. The van der Waals surface area contributed by atoms with Gasteiger partial charge in [-0.15, -0.1) is 22.7 Å². The van der Waals surface area contributed by atoms with Crippen molar-refractivity contribution in [3.8, 4) is 0 Å². The first-order valence-electron chi connectivity index (χ1n) is 6.71. The number of fused-ring (bicyclic) bond motifs is 1. The van der Waals surface area contributed by atoms with Crippen molar-refractivity contribution < 1.29 is 14.7 Å². The van der Waals surface area contributed by atoms with Gasteiger partial charge in [-0.05, 0) is 30.9 Å². The van der Waals surface area contributed by atoms with E-state index in [1.165, 1.54) is 33.6 Å². The number of hydrogen-bond acceptors (Lipinski definition) is 5. The summed E-state index contributed by atoms with van der Waals surface area (Å²) in [7, 11) is 0. The predicted molar refractivity (Wildman–Crippen MR) is 81.5 cm³/mol. The Morgan fingerprint density at radius 1 is 1.38 bits per heavy atom. The van der Waals surface area contributed by atoms with Crippen LogP contribution in [-0.4, -0.2) is 28.5 Å². The average molecular weight is 322 g/mol. The first kappa shape index (κ1) is 14.2. The van der Waals surface area contributed by atoms with Gasteiger partial charge in [0.25, 0.3) is 5.91 Å². The molecule has 0 bridgehead atoms. The van der Waals surface area contributed by atoms with Gasteiger partial charge < -0.3 is 10.4 Å². The fourth-order valence-corrected chi connectivity index (χ4v) is 4.28. The Morgan fingerprint density at radius 3 is 2.95 bits per heavy atom. The SMILES string of the molecule is O=C(O)c1csc(CCNC(=O)c2cc3c(s2)CCC3)n1. The molecule has 0 saturated carbocycles. The van der Waals surface area contributed by atoms with E-state index in [2.05, 4.69) is 10.3 Å². The van der Waals surface area contributed by atoms with Gasteiger partial charge in [0, 0.05) is 23.2 Å². The third-order valence-electron chi connectivity index (χ3n) is 3.37. The third-order valence-corrected chi connectivity index (χ3v) is 5.51. The van der Waals surface area contributed by atoms with Gasteiger partial charge >= 0.3 is 5.97 Å². The Bertz CT molecular complexity index is 669. The molecule has 2 heterocycles. The van der Waals surface area contributed by atoms with Crippen molar-refractivity contribution in [1.82, 2.24) is 10.3 Å². The van der Waals surface area contributed by atoms with Crippen LogP contribution >= 0.6 is 22.7 Å². The van der Waals surface area contributed by atoms with Crippen molar-refractivity contribution in [1.29, 1.82) is 0 Å². The number of thiophene rings is 1. The molecule has 0 unspecified atom stereocenters. The molecule has 1 aliphatic carbocycles. The highest BCUT2D eigenvalue weighted by molar-refractivity contribution is 7.14. The molecule has 2 aromatic heterocycles. The fraction of sp³-hybridized carbons (Fsp3) is 0.357. The van der Waals surface area contributed by atoms with Crippen LogP contribution in [-0.2, 0) is 19.3 Å². The average Bonchev–Trinajstić information content (AvgIpc) is 3.13. The number of carboxylic acids is 1. The van der Waals surface area contributed by atoms with Crippen LogP contribution in [0.25, 0.3) is 0 Å². The van der Waals surface area contributed by atoms with E-state index < -0.39 is 5.97 Å². The van der Waals surface area contributed by atoms with Crippen LogP contribution in [0.4, 0.5) is 0 Å². The van der Waals surface area contributed by atoms with Gasteiger partial charge in [-0.25, -0.2) is 9.78 Å². The van der Waals surface area contributed by atoms with Crippen LogP contribution in [0.1, 0.15) is 42.0 Å². The summed E-state index contributed by atoms with van der Waals surface area (Å²) in [5.41, 5.74) is 1.38. The zero-order valence-electron chi connectivity index (χ0n) is 11.2. The second-order valence-electron chi connectivity index (χ2n) is 4.85. The highest BCUT2D eigenvalue weighted by atomic mass is 32.1. The molecule has 5 nitrogen and oxygen atoms in total. The van der Waals surface area contributed by atoms with E-state index in [1.807, 2.05) is 6.07 Å². The molecule has 3 rings (SSSR count). The quantitative estimate of drug-likeness (QED) is 0.886. The first-order valence-corrected chi connectivity index (χ1v) is 8.40. The number of aromatic carboxylic acids is 1. The van der Waals surface area contributed by atoms with E-state index in [9.17, 15) is 9.59 Å². The Hall–Kier alpha value is -1.73. The summed E-state index contributed by atoms with van der Waals surface area (Å²) in [6, 6.07) is 1.99. The number of hydrogen-bond donors (Lipinski definition) is 2. The van der Waals surface area contributed by atoms with Gasteiger partial charge in [0.1, 0.15) is 0 Å². The summed E-state index contributed by atoms with van der Waals surface area (Å²) in [6.07, 6.45) is 3.91. The molecule has 1 aliphatic rings. The standard InChI is InChI=1S/C14H14N2O3S2/c17-13(11-6-8-2-1-3-10(8)21-11)15-5-4-12-16-9(7-20-12)14(18)19/h6-7H,1-5H2,(H,15,17)(H,18,19). The summed E-state index contributed by atoms with van der Waals surface area (Å²) in [6.45, 7) is 0.466. The van der Waals surface area contributed by atoms with E-state index in [0.717, 1.165) is 22.7 Å². The van der Waals surface area contributed by atoms with Gasteiger partial charge in [0.2, 0.25) is 0 Å². The Labute approximate surface area is 129 Å². The van der Waals surface area contributed by atoms with Crippen molar-refractivity contribution in [3.05, 3.63) is 37.5 Å². The summed E-state index contributed by atoms with van der Waals surface area (Å²) in [5, 5.41) is 13.9. The molecule has 0 spiro atoms. The van der Waals surface area contributed by atoms with E-state index >= 15 is 0 Å². The molecule has 0 radical (unpaired) electrons. The van der Waals surface area contributed by atoms with Crippen LogP contribution in [0.3, 0.4) is 0 Å². The molecular weight excluding hydrogens is 308 g/mol. The second kappa shape index (κ2) is 5.95. The van der Waals surface area contributed by atoms with Gasteiger partial charge in [-0.2, -0.15) is 0 Å². The number of carboxylic acid groups (broad SMARTS) is 1. The maximum absolute atomic E-state index is 12.0. The number of aromatic nitrogens is 1. The third kappa shape index (κ3) is 3.14. The molecular formula is C14H14N2O3S2. The fourth-order valence-electron chi connectivity index (χ4n) is 2.33. The van der Waals surface area contributed by atoms with Crippen molar-refractivity contribution in [2.24, 2.45) is 0 Å². The van der Waals surface area contributed by atoms with E-state index in [4.69, 9.17) is 5.11 Å². The van der Waals surface area contributed by atoms with Crippen molar-refractivity contribution in [2.45, 2.75) is 25.7 Å². The largest absolute Gasteiger partial charge is 0.476 e. The topological polar surface area (TPSA) is 79.3 Å². The lowest BCUT2D eigenvalue weighted by Gasteiger charge is -2.01. The normalized spacial score (nSPS) is 13.1. The van der Waals surface area contributed by atoms with Crippen LogP contribution in [0.5, 0.6) is 0 Å².